The molecule has 0 aliphatic heterocycles. The maximum atomic E-state index is 4.40. The number of likely N-dealkylation sites (N-methyl/N-ethyl adjacent to an activating group) is 1. The van der Waals surface area contributed by atoms with E-state index in [1.54, 1.807) is 0 Å². The average Bonchev–Trinajstić information content (AvgIpc) is 3.04. The summed E-state index contributed by atoms with van der Waals surface area (Å²) in [5, 5.41) is 5.51. The second kappa shape index (κ2) is 4.85. The van der Waals surface area contributed by atoms with Crippen LogP contribution in [0.25, 0.3) is 22.2 Å². The van der Waals surface area contributed by atoms with E-state index in [-0.39, 0.29) is 0 Å². The Morgan fingerprint density at radius 2 is 2.16 bits per heavy atom. The molecule has 3 aromatic rings. The molecular weight excluding hydrogens is 238 g/mol. The molecule has 19 heavy (non-hydrogen) atoms. The van der Waals surface area contributed by atoms with Gasteiger partial charge in [0.15, 0.2) is 0 Å². The molecule has 0 aliphatic carbocycles. The quantitative estimate of drug-likeness (QED) is 0.775. The molecule has 3 heterocycles. The summed E-state index contributed by atoms with van der Waals surface area (Å²) in [5.74, 6) is 0. The van der Waals surface area contributed by atoms with Crippen LogP contribution in [0, 0.1) is 0 Å². The molecule has 1 N–H and O–H groups in total. The highest BCUT2D eigenvalue weighted by atomic mass is 15.3. The number of hydrogen-bond donors (Lipinski definition) is 1. The highest BCUT2D eigenvalue weighted by Crippen LogP contribution is 2.21. The summed E-state index contributed by atoms with van der Waals surface area (Å²) in [5.41, 5.74) is 3.13. The third-order valence-corrected chi connectivity index (χ3v) is 3.14. The van der Waals surface area contributed by atoms with E-state index in [4.69, 9.17) is 0 Å². The zero-order valence-corrected chi connectivity index (χ0v) is 11.2. The molecule has 5 heteroatoms. The van der Waals surface area contributed by atoms with Crippen LogP contribution < -0.4 is 0 Å². The summed E-state index contributed by atoms with van der Waals surface area (Å²) in [4.78, 5) is 9.65. The SMILES string of the molecule is CN(C)CCn1cc(-c2cnc3[nH]ccc3c2)cn1. The number of pyridine rings is 1. The molecule has 0 aliphatic rings. The van der Waals surface area contributed by atoms with Gasteiger partial charge in [-0.1, -0.05) is 0 Å². The highest BCUT2D eigenvalue weighted by Gasteiger charge is 2.04. The molecule has 5 nitrogen and oxygen atoms in total. The van der Waals surface area contributed by atoms with E-state index in [1.807, 2.05) is 29.3 Å². The lowest BCUT2D eigenvalue weighted by molar-refractivity contribution is 0.373. The Bertz CT molecular complexity index is 680. The van der Waals surface area contributed by atoms with Crippen molar-refractivity contribution in [3.05, 3.63) is 36.9 Å². The minimum atomic E-state index is 0.896. The van der Waals surface area contributed by atoms with Crippen molar-refractivity contribution in [1.82, 2.24) is 24.6 Å². The van der Waals surface area contributed by atoms with Gasteiger partial charge in [0.05, 0.1) is 12.7 Å². The molecule has 98 valence electrons. The second-order valence-electron chi connectivity index (χ2n) is 4.93. The van der Waals surface area contributed by atoms with Crippen LogP contribution in [-0.2, 0) is 6.54 Å². The van der Waals surface area contributed by atoms with E-state index >= 15 is 0 Å². The van der Waals surface area contributed by atoms with Crippen molar-refractivity contribution in [1.29, 1.82) is 0 Å². The smallest absolute Gasteiger partial charge is 0.137 e. The van der Waals surface area contributed by atoms with Gasteiger partial charge < -0.3 is 9.88 Å². The van der Waals surface area contributed by atoms with Crippen molar-refractivity contribution in [2.75, 3.05) is 20.6 Å². The van der Waals surface area contributed by atoms with Gasteiger partial charge >= 0.3 is 0 Å². The van der Waals surface area contributed by atoms with Crippen LogP contribution in [-0.4, -0.2) is 45.3 Å². The largest absolute Gasteiger partial charge is 0.346 e. The first-order valence-corrected chi connectivity index (χ1v) is 6.33. The van der Waals surface area contributed by atoms with Gasteiger partial charge in [0.2, 0.25) is 0 Å². The summed E-state index contributed by atoms with van der Waals surface area (Å²) in [6, 6.07) is 4.16. The van der Waals surface area contributed by atoms with E-state index in [1.165, 1.54) is 0 Å². The zero-order valence-electron chi connectivity index (χ0n) is 11.2. The van der Waals surface area contributed by atoms with E-state index in [0.29, 0.717) is 0 Å². The van der Waals surface area contributed by atoms with Crippen molar-refractivity contribution >= 4 is 11.0 Å². The lowest BCUT2D eigenvalue weighted by atomic mass is 10.1. The fourth-order valence-electron chi connectivity index (χ4n) is 2.04. The van der Waals surface area contributed by atoms with Crippen LogP contribution >= 0.6 is 0 Å². The summed E-state index contributed by atoms with van der Waals surface area (Å²) < 4.78 is 1.97. The molecule has 0 atom stereocenters. The Balaban J connectivity index is 1.85. The fraction of sp³-hybridized carbons (Fsp3) is 0.286. The number of aromatic amines is 1. The average molecular weight is 255 g/mol. The van der Waals surface area contributed by atoms with E-state index < -0.39 is 0 Å². The molecular formula is C14H17N5. The number of aromatic nitrogens is 4. The van der Waals surface area contributed by atoms with E-state index in [0.717, 1.165) is 35.2 Å². The lowest BCUT2D eigenvalue weighted by Crippen LogP contribution is -2.18. The molecule has 0 radical (unpaired) electrons. The molecule has 3 aromatic heterocycles. The number of nitrogens with one attached hydrogen (secondary N) is 1. The Labute approximate surface area is 111 Å². The summed E-state index contributed by atoms with van der Waals surface area (Å²) in [7, 11) is 4.13. The van der Waals surface area contributed by atoms with Gasteiger partial charge in [-0.2, -0.15) is 5.10 Å². The number of hydrogen-bond acceptors (Lipinski definition) is 3. The van der Waals surface area contributed by atoms with Crippen molar-refractivity contribution in [2.45, 2.75) is 6.54 Å². The van der Waals surface area contributed by atoms with Crippen LogP contribution in [0.15, 0.2) is 36.9 Å². The van der Waals surface area contributed by atoms with Gasteiger partial charge in [0, 0.05) is 41.6 Å². The summed E-state index contributed by atoms with van der Waals surface area (Å²) in [6.45, 7) is 1.88. The van der Waals surface area contributed by atoms with Crippen molar-refractivity contribution < 1.29 is 0 Å². The zero-order chi connectivity index (χ0) is 13.2. The van der Waals surface area contributed by atoms with Gasteiger partial charge in [-0.15, -0.1) is 0 Å². The van der Waals surface area contributed by atoms with Crippen LogP contribution in [0.4, 0.5) is 0 Å². The number of H-pyrrole nitrogens is 1. The van der Waals surface area contributed by atoms with Crippen molar-refractivity contribution in [3.8, 4) is 11.1 Å². The molecule has 0 saturated heterocycles. The fourth-order valence-corrected chi connectivity index (χ4v) is 2.04. The molecule has 0 saturated carbocycles. The maximum absolute atomic E-state index is 4.40. The molecule has 3 rings (SSSR count). The van der Waals surface area contributed by atoms with Crippen LogP contribution in [0.5, 0.6) is 0 Å². The van der Waals surface area contributed by atoms with E-state index in [2.05, 4.69) is 46.3 Å². The van der Waals surface area contributed by atoms with Gasteiger partial charge in [0.25, 0.3) is 0 Å². The minimum Gasteiger partial charge on any atom is -0.346 e. The Morgan fingerprint density at radius 1 is 1.26 bits per heavy atom. The predicted octanol–water partition coefficient (Wildman–Crippen LogP) is 1.99. The Morgan fingerprint density at radius 3 is 3.00 bits per heavy atom. The summed E-state index contributed by atoms with van der Waals surface area (Å²) >= 11 is 0. The summed E-state index contributed by atoms with van der Waals surface area (Å²) in [6.07, 6.45) is 7.75. The van der Waals surface area contributed by atoms with Crippen LogP contribution in [0.3, 0.4) is 0 Å². The highest BCUT2D eigenvalue weighted by molar-refractivity contribution is 5.80. The van der Waals surface area contributed by atoms with Gasteiger partial charge in [-0.25, -0.2) is 4.98 Å². The predicted molar refractivity (Wildman–Crippen MR) is 75.9 cm³/mol. The van der Waals surface area contributed by atoms with Gasteiger partial charge in [0.1, 0.15) is 5.65 Å². The molecule has 0 unspecified atom stereocenters. The molecule has 0 aromatic carbocycles. The molecule has 0 fully saturated rings. The third-order valence-electron chi connectivity index (χ3n) is 3.14. The third kappa shape index (κ3) is 2.51. The van der Waals surface area contributed by atoms with Crippen molar-refractivity contribution in [3.63, 3.8) is 0 Å². The molecule has 0 bridgehead atoms. The van der Waals surface area contributed by atoms with Gasteiger partial charge in [-0.05, 0) is 26.2 Å². The van der Waals surface area contributed by atoms with Crippen LogP contribution in [0.2, 0.25) is 0 Å². The van der Waals surface area contributed by atoms with Crippen LogP contribution in [0.1, 0.15) is 0 Å². The number of fused-ring (bicyclic) bond motifs is 1. The molecule has 0 spiro atoms. The molecule has 0 amide bonds. The first kappa shape index (κ1) is 11.9. The monoisotopic (exact) mass is 255 g/mol. The standard InChI is InChI=1S/C14H17N5/c1-18(2)5-6-19-10-13(9-17-19)12-7-11-3-4-15-14(11)16-8-12/h3-4,7-10H,5-6H2,1-2H3,(H,15,16). The Hall–Kier alpha value is -2.14. The number of rotatable bonds is 4. The maximum Gasteiger partial charge on any atom is 0.137 e. The lowest BCUT2D eigenvalue weighted by Gasteiger charge is -2.08. The second-order valence-corrected chi connectivity index (χ2v) is 4.93. The van der Waals surface area contributed by atoms with Gasteiger partial charge in [-0.3, -0.25) is 4.68 Å². The number of nitrogens with zero attached hydrogens (tertiary/aromatic N) is 4. The topological polar surface area (TPSA) is 49.7 Å². The normalized spacial score (nSPS) is 11.5. The first-order valence-electron chi connectivity index (χ1n) is 6.33. The van der Waals surface area contributed by atoms with E-state index in [9.17, 15) is 0 Å². The Kier molecular flexibility index (Phi) is 3.05. The van der Waals surface area contributed by atoms with Crippen molar-refractivity contribution in [2.24, 2.45) is 0 Å². The minimum absolute atomic E-state index is 0.896. The first-order chi connectivity index (χ1) is 9.22.